The molecular weight excluding hydrogens is 522 g/mol. The number of hydrogen-bond acceptors (Lipinski definition) is 7. The lowest BCUT2D eigenvalue weighted by atomic mass is 10.0. The van der Waals surface area contributed by atoms with Crippen molar-refractivity contribution < 1.29 is 39.3 Å². The van der Waals surface area contributed by atoms with Crippen LogP contribution in [0, 0.1) is 0 Å². The van der Waals surface area contributed by atoms with Gasteiger partial charge in [-0.05, 0) is 42.7 Å². The van der Waals surface area contributed by atoms with E-state index >= 15 is 0 Å². The molecule has 0 aliphatic heterocycles. The first-order chi connectivity index (χ1) is 18.9. The Morgan fingerprint density at radius 3 is 2.15 bits per heavy atom. The van der Waals surface area contributed by atoms with Crippen LogP contribution in [0.2, 0.25) is 0 Å². The number of phenolic OH excluding ortho intramolecular Hbond substituents is 1. The van der Waals surface area contributed by atoms with Gasteiger partial charge in [0.1, 0.15) is 23.9 Å². The number of aromatic amines is 1. The summed E-state index contributed by atoms with van der Waals surface area (Å²) in [4.78, 5) is 64.2. The summed E-state index contributed by atoms with van der Waals surface area (Å²) in [6.07, 6.45) is 0.977. The van der Waals surface area contributed by atoms with E-state index in [1.165, 1.54) is 31.2 Å². The van der Waals surface area contributed by atoms with Crippen LogP contribution in [-0.4, -0.2) is 74.1 Å². The second-order valence-corrected chi connectivity index (χ2v) is 9.33. The number of aromatic nitrogens is 1. The minimum absolute atomic E-state index is 0.0264. The molecule has 3 amide bonds. The average molecular weight is 554 g/mol. The van der Waals surface area contributed by atoms with Gasteiger partial charge in [0.2, 0.25) is 17.7 Å². The van der Waals surface area contributed by atoms with E-state index in [2.05, 4.69) is 20.9 Å². The zero-order valence-corrected chi connectivity index (χ0v) is 21.6. The summed E-state index contributed by atoms with van der Waals surface area (Å²) in [5.74, 6) is -5.31. The lowest BCUT2D eigenvalue weighted by Crippen LogP contribution is -2.57. The van der Waals surface area contributed by atoms with Crippen LogP contribution < -0.4 is 21.7 Å². The second kappa shape index (κ2) is 13.2. The number of carbonyl (C=O) groups is 5. The number of aliphatic carboxylic acids is 2. The number of fused-ring (bicyclic) bond motifs is 1. The Balaban J connectivity index is 1.67. The molecular formula is C27H31N5O8. The van der Waals surface area contributed by atoms with E-state index < -0.39 is 60.2 Å². The molecule has 40 heavy (non-hydrogen) atoms. The third kappa shape index (κ3) is 8.04. The molecule has 0 fully saturated rings. The van der Waals surface area contributed by atoms with E-state index in [0.717, 1.165) is 16.5 Å². The van der Waals surface area contributed by atoms with Crippen LogP contribution in [0.3, 0.4) is 0 Å². The number of benzene rings is 2. The molecule has 0 spiro atoms. The van der Waals surface area contributed by atoms with Crippen LogP contribution in [-0.2, 0) is 36.8 Å². The predicted molar refractivity (Wildman–Crippen MR) is 143 cm³/mol. The van der Waals surface area contributed by atoms with Gasteiger partial charge >= 0.3 is 11.9 Å². The summed E-state index contributed by atoms with van der Waals surface area (Å²) in [5, 5.41) is 35.8. The molecule has 2 aromatic carbocycles. The van der Waals surface area contributed by atoms with Crippen molar-refractivity contribution in [3.63, 3.8) is 0 Å². The first-order valence-corrected chi connectivity index (χ1v) is 12.4. The van der Waals surface area contributed by atoms with Crippen LogP contribution in [0.1, 0.15) is 24.5 Å². The number of carboxylic acid groups (broad SMARTS) is 2. The van der Waals surface area contributed by atoms with Gasteiger partial charge in [-0.15, -0.1) is 0 Å². The summed E-state index contributed by atoms with van der Waals surface area (Å²) in [5.41, 5.74) is 8.33. The van der Waals surface area contributed by atoms with Gasteiger partial charge in [-0.25, -0.2) is 4.79 Å². The number of para-hydroxylation sites is 1. The van der Waals surface area contributed by atoms with E-state index in [0.29, 0.717) is 5.56 Å². The Morgan fingerprint density at radius 2 is 1.50 bits per heavy atom. The minimum atomic E-state index is -1.73. The SMILES string of the molecule is CC(NC(=O)C(N)Cc1c[nH]c2ccccc12)C(=O)NC(Cc1ccc(O)cc1)C(=O)NC(CC(=O)O)C(=O)O. The van der Waals surface area contributed by atoms with E-state index in [-0.39, 0.29) is 18.6 Å². The molecule has 13 heteroatoms. The molecule has 4 atom stereocenters. The first kappa shape index (κ1) is 29.6. The number of carbonyl (C=O) groups excluding carboxylic acids is 3. The van der Waals surface area contributed by atoms with E-state index in [9.17, 15) is 34.2 Å². The standard InChI is InChI=1S/C27H31N5O8/c1-14(30-25(37)19(28)11-16-13-29-20-5-3-2-4-18(16)20)24(36)31-21(10-15-6-8-17(33)9-7-15)26(38)32-22(27(39)40)12-23(34)35/h2-9,13-14,19,21-22,29,33H,10-12,28H2,1H3,(H,30,37)(H,31,36)(H,32,38)(H,34,35)(H,39,40). The van der Waals surface area contributed by atoms with Crippen molar-refractivity contribution in [2.75, 3.05) is 0 Å². The number of H-pyrrole nitrogens is 1. The normalized spacial score (nSPS) is 13.9. The number of hydrogen-bond donors (Lipinski definition) is 8. The Labute approximate surface area is 228 Å². The van der Waals surface area contributed by atoms with Gasteiger partial charge in [0.25, 0.3) is 0 Å². The fraction of sp³-hybridized carbons (Fsp3) is 0.296. The molecule has 0 bridgehead atoms. The number of nitrogens with two attached hydrogens (primary N) is 1. The minimum Gasteiger partial charge on any atom is -0.508 e. The maximum absolute atomic E-state index is 12.9. The van der Waals surface area contributed by atoms with Crippen molar-refractivity contribution in [1.29, 1.82) is 0 Å². The fourth-order valence-electron chi connectivity index (χ4n) is 4.04. The van der Waals surface area contributed by atoms with Crippen molar-refractivity contribution in [3.8, 4) is 5.75 Å². The molecule has 0 aliphatic rings. The number of rotatable bonds is 13. The lowest BCUT2D eigenvalue weighted by Gasteiger charge is -2.23. The molecule has 13 nitrogen and oxygen atoms in total. The quantitative estimate of drug-likeness (QED) is 0.143. The molecule has 3 aromatic rings. The zero-order valence-electron chi connectivity index (χ0n) is 21.6. The maximum Gasteiger partial charge on any atom is 0.326 e. The summed E-state index contributed by atoms with van der Waals surface area (Å²) < 4.78 is 0. The Morgan fingerprint density at radius 1 is 0.850 bits per heavy atom. The van der Waals surface area contributed by atoms with Crippen LogP contribution >= 0.6 is 0 Å². The van der Waals surface area contributed by atoms with Crippen molar-refractivity contribution in [1.82, 2.24) is 20.9 Å². The van der Waals surface area contributed by atoms with Crippen molar-refractivity contribution in [2.24, 2.45) is 5.73 Å². The summed E-state index contributed by atoms with van der Waals surface area (Å²) in [6.45, 7) is 1.39. The molecule has 3 rings (SSSR count). The van der Waals surface area contributed by atoms with Crippen LogP contribution in [0.25, 0.3) is 10.9 Å². The molecule has 0 saturated heterocycles. The van der Waals surface area contributed by atoms with Crippen LogP contribution in [0.5, 0.6) is 5.75 Å². The largest absolute Gasteiger partial charge is 0.508 e. The Hall–Kier alpha value is -4.91. The number of aromatic hydroxyl groups is 1. The van der Waals surface area contributed by atoms with Crippen molar-refractivity contribution >= 4 is 40.6 Å². The van der Waals surface area contributed by atoms with Gasteiger partial charge in [0, 0.05) is 23.5 Å². The monoisotopic (exact) mass is 553 g/mol. The smallest absolute Gasteiger partial charge is 0.326 e. The third-order valence-electron chi connectivity index (χ3n) is 6.21. The number of phenols is 1. The highest BCUT2D eigenvalue weighted by Crippen LogP contribution is 2.19. The van der Waals surface area contributed by atoms with Crippen LogP contribution in [0.4, 0.5) is 0 Å². The Bertz CT molecular complexity index is 1390. The number of amides is 3. The van der Waals surface area contributed by atoms with Gasteiger partial charge in [-0.1, -0.05) is 30.3 Å². The Kier molecular flexibility index (Phi) is 9.81. The van der Waals surface area contributed by atoms with Gasteiger partial charge in [-0.2, -0.15) is 0 Å². The summed E-state index contributed by atoms with van der Waals surface area (Å²) in [7, 11) is 0. The lowest BCUT2D eigenvalue weighted by molar-refractivity contribution is -0.147. The summed E-state index contributed by atoms with van der Waals surface area (Å²) >= 11 is 0. The first-order valence-electron chi connectivity index (χ1n) is 12.4. The maximum atomic E-state index is 12.9. The molecule has 0 saturated carbocycles. The molecule has 9 N–H and O–H groups in total. The summed E-state index contributed by atoms with van der Waals surface area (Å²) in [6, 6.07) is 8.11. The van der Waals surface area contributed by atoms with Crippen LogP contribution in [0.15, 0.2) is 54.7 Å². The van der Waals surface area contributed by atoms with E-state index in [4.69, 9.17) is 10.8 Å². The van der Waals surface area contributed by atoms with E-state index in [1.807, 2.05) is 24.3 Å². The molecule has 0 radical (unpaired) electrons. The van der Waals surface area contributed by atoms with Crippen molar-refractivity contribution in [2.45, 2.75) is 50.4 Å². The van der Waals surface area contributed by atoms with E-state index in [1.54, 1.807) is 6.20 Å². The van der Waals surface area contributed by atoms with Crippen molar-refractivity contribution in [3.05, 3.63) is 65.9 Å². The number of nitrogens with one attached hydrogen (secondary N) is 4. The molecule has 0 aliphatic carbocycles. The number of carboxylic acids is 2. The topological polar surface area (TPSA) is 224 Å². The molecule has 4 unspecified atom stereocenters. The predicted octanol–water partition coefficient (Wildman–Crippen LogP) is 0.0196. The molecule has 1 heterocycles. The average Bonchev–Trinajstić information content (AvgIpc) is 3.31. The second-order valence-electron chi connectivity index (χ2n) is 9.33. The zero-order chi connectivity index (χ0) is 29.4. The highest BCUT2D eigenvalue weighted by atomic mass is 16.4. The fourth-order valence-corrected chi connectivity index (χ4v) is 4.04. The highest BCUT2D eigenvalue weighted by molar-refractivity contribution is 5.95. The third-order valence-corrected chi connectivity index (χ3v) is 6.21. The highest BCUT2D eigenvalue weighted by Gasteiger charge is 2.30. The van der Waals surface area contributed by atoms with Gasteiger partial charge in [0.15, 0.2) is 0 Å². The van der Waals surface area contributed by atoms with Gasteiger partial charge in [0.05, 0.1) is 12.5 Å². The molecule has 1 aromatic heterocycles. The molecule has 212 valence electrons. The van der Waals surface area contributed by atoms with Gasteiger partial charge < -0.3 is 42.0 Å². The van der Waals surface area contributed by atoms with Gasteiger partial charge in [-0.3, -0.25) is 19.2 Å².